The van der Waals surface area contributed by atoms with E-state index in [0.717, 1.165) is 17.8 Å². The standard InChI is InChI=1S/C13H16F2O3S/c1-7-9(3-4-10(14)12(7)15)13(18)11(17)5-6-19-8(2)16/h3-4,11,13,17-18H,5-6H2,1-2H3. The van der Waals surface area contributed by atoms with Crippen molar-refractivity contribution in [1.29, 1.82) is 0 Å². The van der Waals surface area contributed by atoms with E-state index >= 15 is 0 Å². The largest absolute Gasteiger partial charge is 0.390 e. The van der Waals surface area contributed by atoms with Crippen molar-refractivity contribution in [3.8, 4) is 0 Å². The molecule has 6 heteroatoms. The number of aliphatic hydroxyl groups is 2. The second kappa shape index (κ2) is 6.98. The van der Waals surface area contributed by atoms with Gasteiger partial charge in [-0.2, -0.15) is 0 Å². The third-order valence-corrected chi connectivity index (χ3v) is 3.63. The fourth-order valence-corrected chi connectivity index (χ4v) is 2.32. The summed E-state index contributed by atoms with van der Waals surface area (Å²) in [6, 6.07) is 2.16. The SMILES string of the molecule is CC(=O)SCCC(O)C(O)c1ccc(F)c(F)c1C. The molecule has 0 bridgehead atoms. The molecule has 0 fully saturated rings. The molecule has 0 saturated carbocycles. The zero-order valence-corrected chi connectivity index (χ0v) is 11.5. The summed E-state index contributed by atoms with van der Waals surface area (Å²) in [5.41, 5.74) is 0.130. The summed E-state index contributed by atoms with van der Waals surface area (Å²) in [7, 11) is 0. The van der Waals surface area contributed by atoms with Gasteiger partial charge in [0.15, 0.2) is 16.7 Å². The second-order valence-electron chi connectivity index (χ2n) is 4.22. The fraction of sp³-hybridized carbons (Fsp3) is 0.462. The molecule has 0 saturated heterocycles. The van der Waals surface area contributed by atoms with Gasteiger partial charge in [-0.25, -0.2) is 8.78 Å². The average Bonchev–Trinajstić information content (AvgIpc) is 2.35. The Morgan fingerprint density at radius 3 is 2.58 bits per heavy atom. The van der Waals surface area contributed by atoms with Crippen LogP contribution in [0, 0.1) is 18.6 Å². The maximum Gasteiger partial charge on any atom is 0.185 e. The van der Waals surface area contributed by atoms with Crippen LogP contribution in [0.15, 0.2) is 12.1 Å². The molecule has 2 N–H and O–H groups in total. The molecule has 0 spiro atoms. The lowest BCUT2D eigenvalue weighted by atomic mass is 9.98. The predicted octanol–water partition coefficient (Wildman–Crippen LogP) is 2.34. The number of benzene rings is 1. The molecule has 3 nitrogen and oxygen atoms in total. The van der Waals surface area contributed by atoms with Crippen molar-refractivity contribution in [3.63, 3.8) is 0 Å². The monoisotopic (exact) mass is 290 g/mol. The second-order valence-corrected chi connectivity index (χ2v) is 5.49. The number of hydrogen-bond donors (Lipinski definition) is 2. The lowest BCUT2D eigenvalue weighted by molar-refractivity contribution is -0.109. The smallest absolute Gasteiger partial charge is 0.185 e. The van der Waals surface area contributed by atoms with E-state index in [2.05, 4.69) is 0 Å². The molecule has 0 heterocycles. The zero-order chi connectivity index (χ0) is 14.6. The van der Waals surface area contributed by atoms with Gasteiger partial charge in [-0.3, -0.25) is 4.79 Å². The van der Waals surface area contributed by atoms with E-state index in [1.54, 1.807) is 0 Å². The van der Waals surface area contributed by atoms with E-state index in [-0.39, 0.29) is 22.7 Å². The molecule has 0 aliphatic rings. The van der Waals surface area contributed by atoms with Crippen molar-refractivity contribution in [3.05, 3.63) is 34.9 Å². The van der Waals surface area contributed by atoms with Crippen molar-refractivity contribution in [2.24, 2.45) is 0 Å². The number of thioether (sulfide) groups is 1. The first-order chi connectivity index (χ1) is 8.84. The molecule has 0 radical (unpaired) electrons. The Morgan fingerprint density at radius 2 is 2.00 bits per heavy atom. The Morgan fingerprint density at radius 1 is 1.37 bits per heavy atom. The van der Waals surface area contributed by atoms with Crippen LogP contribution in [-0.4, -0.2) is 27.2 Å². The van der Waals surface area contributed by atoms with Crippen LogP contribution in [0.4, 0.5) is 8.78 Å². The molecule has 1 rings (SSSR count). The maximum absolute atomic E-state index is 13.4. The van der Waals surface area contributed by atoms with E-state index in [0.29, 0.717) is 5.75 Å². The van der Waals surface area contributed by atoms with Crippen LogP contribution in [0.2, 0.25) is 0 Å². The highest BCUT2D eigenvalue weighted by Gasteiger charge is 2.22. The van der Waals surface area contributed by atoms with Crippen LogP contribution in [0.25, 0.3) is 0 Å². The lowest BCUT2D eigenvalue weighted by Gasteiger charge is -2.20. The van der Waals surface area contributed by atoms with E-state index in [9.17, 15) is 23.8 Å². The molecule has 0 aliphatic carbocycles. The number of rotatable bonds is 5. The van der Waals surface area contributed by atoms with E-state index < -0.39 is 23.8 Å². The van der Waals surface area contributed by atoms with Crippen molar-refractivity contribution in [2.45, 2.75) is 32.5 Å². The van der Waals surface area contributed by atoms with Gasteiger partial charge in [-0.15, -0.1) is 0 Å². The molecule has 19 heavy (non-hydrogen) atoms. The van der Waals surface area contributed by atoms with Crippen molar-refractivity contribution in [1.82, 2.24) is 0 Å². The first-order valence-electron chi connectivity index (χ1n) is 5.78. The topological polar surface area (TPSA) is 57.5 Å². The summed E-state index contributed by atoms with van der Waals surface area (Å²) in [5.74, 6) is -1.66. The highest BCUT2D eigenvalue weighted by molar-refractivity contribution is 8.13. The zero-order valence-electron chi connectivity index (χ0n) is 10.7. The molecule has 106 valence electrons. The van der Waals surface area contributed by atoms with Crippen LogP contribution >= 0.6 is 11.8 Å². The summed E-state index contributed by atoms with van der Waals surface area (Å²) in [5, 5.41) is 19.6. The van der Waals surface area contributed by atoms with Gasteiger partial charge in [-0.05, 0) is 30.5 Å². The molecule has 2 unspecified atom stereocenters. The molecular formula is C13H16F2O3S. The van der Waals surface area contributed by atoms with Gasteiger partial charge in [0.05, 0.1) is 6.10 Å². The third-order valence-electron chi connectivity index (χ3n) is 2.78. The van der Waals surface area contributed by atoms with Gasteiger partial charge in [0, 0.05) is 12.7 Å². The summed E-state index contributed by atoms with van der Waals surface area (Å²) in [4.78, 5) is 10.7. The normalized spacial score (nSPS) is 14.2. The van der Waals surface area contributed by atoms with Crippen molar-refractivity contribution in [2.75, 3.05) is 5.75 Å². The van der Waals surface area contributed by atoms with Crippen LogP contribution in [0.1, 0.15) is 30.6 Å². The number of aliphatic hydroxyl groups excluding tert-OH is 2. The van der Waals surface area contributed by atoms with Crippen LogP contribution in [0.3, 0.4) is 0 Å². The Bertz CT molecular complexity index is 465. The van der Waals surface area contributed by atoms with Crippen LogP contribution in [-0.2, 0) is 4.79 Å². The summed E-state index contributed by atoms with van der Waals surface area (Å²) in [6.45, 7) is 2.75. The molecule has 1 aromatic rings. The van der Waals surface area contributed by atoms with Gasteiger partial charge in [-0.1, -0.05) is 17.8 Å². The van der Waals surface area contributed by atoms with Gasteiger partial charge in [0.25, 0.3) is 0 Å². The number of carbonyl (C=O) groups excluding carboxylic acids is 1. The number of halogens is 2. The predicted molar refractivity (Wildman–Crippen MR) is 69.8 cm³/mol. The Labute approximate surface area is 114 Å². The van der Waals surface area contributed by atoms with E-state index in [1.807, 2.05) is 0 Å². The van der Waals surface area contributed by atoms with Gasteiger partial charge >= 0.3 is 0 Å². The summed E-state index contributed by atoms with van der Waals surface area (Å²) < 4.78 is 26.3. The summed E-state index contributed by atoms with van der Waals surface area (Å²) in [6.07, 6.45) is -2.25. The van der Waals surface area contributed by atoms with Crippen LogP contribution in [0.5, 0.6) is 0 Å². The molecular weight excluding hydrogens is 274 g/mol. The van der Waals surface area contributed by atoms with Crippen molar-refractivity contribution < 1.29 is 23.8 Å². The maximum atomic E-state index is 13.4. The minimum absolute atomic E-state index is 0.0224. The quantitative estimate of drug-likeness (QED) is 0.874. The number of hydrogen-bond acceptors (Lipinski definition) is 4. The lowest BCUT2D eigenvalue weighted by Crippen LogP contribution is -2.20. The highest BCUT2D eigenvalue weighted by Crippen LogP contribution is 2.26. The molecule has 2 atom stereocenters. The van der Waals surface area contributed by atoms with Crippen LogP contribution < -0.4 is 0 Å². The highest BCUT2D eigenvalue weighted by atomic mass is 32.2. The third kappa shape index (κ3) is 4.26. The Kier molecular flexibility index (Phi) is 5.90. The average molecular weight is 290 g/mol. The Hall–Kier alpha value is -0.980. The minimum atomic E-state index is -1.30. The molecule has 0 amide bonds. The Balaban J connectivity index is 2.74. The van der Waals surface area contributed by atoms with E-state index in [4.69, 9.17) is 0 Å². The first-order valence-corrected chi connectivity index (χ1v) is 6.77. The van der Waals surface area contributed by atoms with Gasteiger partial charge in [0.1, 0.15) is 6.10 Å². The van der Waals surface area contributed by atoms with E-state index in [1.165, 1.54) is 19.9 Å². The molecule has 1 aromatic carbocycles. The number of carbonyl (C=O) groups is 1. The summed E-state index contributed by atoms with van der Waals surface area (Å²) >= 11 is 1.04. The van der Waals surface area contributed by atoms with Gasteiger partial charge < -0.3 is 10.2 Å². The van der Waals surface area contributed by atoms with Crippen molar-refractivity contribution >= 4 is 16.9 Å². The molecule has 0 aromatic heterocycles. The molecule has 0 aliphatic heterocycles. The first kappa shape index (κ1) is 16.1. The van der Waals surface area contributed by atoms with Gasteiger partial charge in [0.2, 0.25) is 0 Å². The minimum Gasteiger partial charge on any atom is -0.390 e. The fourth-order valence-electron chi connectivity index (χ4n) is 1.68.